The Morgan fingerprint density at radius 2 is 1.77 bits per heavy atom. The summed E-state index contributed by atoms with van der Waals surface area (Å²) in [5.41, 5.74) is -0.205. The summed E-state index contributed by atoms with van der Waals surface area (Å²) in [7, 11) is 0. The van der Waals surface area contributed by atoms with Gasteiger partial charge >= 0.3 is 6.18 Å². The molecule has 1 aromatic heterocycles. The Labute approximate surface area is 147 Å². The second-order valence-electron chi connectivity index (χ2n) is 6.36. The zero-order valence-electron chi connectivity index (χ0n) is 13.8. The van der Waals surface area contributed by atoms with Crippen LogP contribution < -0.4 is 10.5 Å². The molecule has 0 aliphatic carbocycles. The summed E-state index contributed by atoms with van der Waals surface area (Å²) in [6, 6.07) is 10.9. The second kappa shape index (κ2) is 6.16. The molecule has 0 saturated carbocycles. The lowest BCUT2D eigenvalue weighted by molar-refractivity contribution is -0.137. The number of nitrogens with one attached hydrogen (secondary N) is 1. The van der Waals surface area contributed by atoms with Crippen molar-refractivity contribution < 1.29 is 13.2 Å². The van der Waals surface area contributed by atoms with Gasteiger partial charge in [-0.05, 0) is 43.2 Å². The van der Waals surface area contributed by atoms with E-state index in [9.17, 15) is 18.0 Å². The van der Waals surface area contributed by atoms with E-state index in [0.29, 0.717) is 24.0 Å². The van der Waals surface area contributed by atoms with Crippen LogP contribution in [0.15, 0.2) is 47.3 Å². The van der Waals surface area contributed by atoms with Crippen LogP contribution in [0.3, 0.4) is 0 Å². The molecule has 0 bridgehead atoms. The van der Waals surface area contributed by atoms with E-state index < -0.39 is 11.7 Å². The lowest BCUT2D eigenvalue weighted by atomic mass is 10.1. The summed E-state index contributed by atoms with van der Waals surface area (Å²) in [5.74, 6) is 0.132. The Morgan fingerprint density at radius 3 is 2.50 bits per heavy atom. The van der Waals surface area contributed by atoms with Gasteiger partial charge in [-0.15, -0.1) is 0 Å². The van der Waals surface area contributed by atoms with E-state index in [1.165, 1.54) is 6.07 Å². The fourth-order valence-corrected chi connectivity index (χ4v) is 3.37. The smallest absolute Gasteiger partial charge is 0.371 e. The number of para-hydroxylation sites is 1. The van der Waals surface area contributed by atoms with E-state index >= 15 is 0 Å². The van der Waals surface area contributed by atoms with Gasteiger partial charge in [0.2, 0.25) is 0 Å². The van der Waals surface area contributed by atoms with Crippen LogP contribution in [0, 0.1) is 0 Å². The summed E-state index contributed by atoms with van der Waals surface area (Å²) in [6.45, 7) is 1.24. The maximum absolute atomic E-state index is 13.6. The third-order valence-electron chi connectivity index (χ3n) is 4.64. The minimum absolute atomic E-state index is 0.132. The molecule has 2 aromatic carbocycles. The van der Waals surface area contributed by atoms with Crippen molar-refractivity contribution in [2.45, 2.75) is 19.0 Å². The molecule has 0 atom stereocenters. The zero-order valence-corrected chi connectivity index (χ0v) is 13.8. The van der Waals surface area contributed by atoms with Crippen LogP contribution in [0.25, 0.3) is 22.3 Å². The quantitative estimate of drug-likeness (QED) is 0.746. The zero-order chi connectivity index (χ0) is 18.3. The molecule has 2 heterocycles. The SMILES string of the molecule is O=c1[nH]c(-c2ccc(N3CCCC3)c(C(F)(F)F)c2)nc2ccccc12. The average Bonchev–Trinajstić information content (AvgIpc) is 3.15. The van der Waals surface area contributed by atoms with Crippen LogP contribution in [0.1, 0.15) is 18.4 Å². The van der Waals surface area contributed by atoms with E-state index in [1.807, 2.05) is 0 Å². The lowest BCUT2D eigenvalue weighted by Crippen LogP contribution is -2.22. The molecule has 0 radical (unpaired) electrons. The number of H-pyrrole nitrogens is 1. The topological polar surface area (TPSA) is 49.0 Å². The van der Waals surface area contributed by atoms with Crippen LogP contribution in [0.2, 0.25) is 0 Å². The molecule has 1 N–H and O–H groups in total. The van der Waals surface area contributed by atoms with Crippen molar-refractivity contribution in [1.29, 1.82) is 0 Å². The van der Waals surface area contributed by atoms with E-state index in [1.54, 1.807) is 35.2 Å². The van der Waals surface area contributed by atoms with Crippen molar-refractivity contribution >= 4 is 16.6 Å². The number of aromatic nitrogens is 2. The number of aromatic amines is 1. The molecule has 1 aliphatic heterocycles. The van der Waals surface area contributed by atoms with Crippen LogP contribution >= 0.6 is 0 Å². The van der Waals surface area contributed by atoms with Crippen molar-refractivity contribution in [1.82, 2.24) is 9.97 Å². The Balaban J connectivity index is 1.86. The molecule has 0 unspecified atom stereocenters. The standard InChI is InChI=1S/C19H16F3N3O/c20-19(21,22)14-11-12(7-8-16(14)25-9-3-4-10-25)17-23-15-6-2-1-5-13(15)18(26)24-17/h1-2,5-8,11H,3-4,9-10H2,(H,23,24,26). The number of rotatable bonds is 2. The van der Waals surface area contributed by atoms with Gasteiger partial charge in [-0.2, -0.15) is 13.2 Å². The van der Waals surface area contributed by atoms with Gasteiger partial charge in [-0.3, -0.25) is 4.79 Å². The predicted octanol–water partition coefficient (Wildman–Crippen LogP) is 4.21. The van der Waals surface area contributed by atoms with E-state index in [4.69, 9.17) is 0 Å². The molecule has 3 aromatic rings. The first kappa shape index (κ1) is 16.6. The van der Waals surface area contributed by atoms with Gasteiger partial charge < -0.3 is 9.88 Å². The summed E-state index contributed by atoms with van der Waals surface area (Å²) in [5, 5.41) is 0.404. The number of halogens is 3. The van der Waals surface area contributed by atoms with Crippen molar-refractivity contribution in [2.24, 2.45) is 0 Å². The van der Waals surface area contributed by atoms with Crippen LogP contribution in [0.4, 0.5) is 18.9 Å². The first-order valence-corrected chi connectivity index (χ1v) is 8.39. The summed E-state index contributed by atoms with van der Waals surface area (Å²) in [4.78, 5) is 20.9. The minimum Gasteiger partial charge on any atom is -0.371 e. The molecule has 4 nitrogen and oxygen atoms in total. The highest BCUT2D eigenvalue weighted by Gasteiger charge is 2.36. The average molecular weight is 359 g/mol. The van der Waals surface area contributed by atoms with E-state index in [2.05, 4.69) is 9.97 Å². The normalized spacial score (nSPS) is 15.0. The van der Waals surface area contributed by atoms with E-state index in [0.717, 1.165) is 18.9 Å². The Morgan fingerprint density at radius 1 is 1.04 bits per heavy atom. The third-order valence-corrected chi connectivity index (χ3v) is 4.64. The van der Waals surface area contributed by atoms with Crippen molar-refractivity contribution in [3.05, 3.63) is 58.4 Å². The monoisotopic (exact) mass is 359 g/mol. The molecule has 1 fully saturated rings. The molecule has 1 aliphatic rings. The van der Waals surface area contributed by atoms with Gasteiger partial charge in [0, 0.05) is 24.3 Å². The molecule has 4 rings (SSSR count). The van der Waals surface area contributed by atoms with Crippen LogP contribution in [-0.4, -0.2) is 23.1 Å². The summed E-state index contributed by atoms with van der Waals surface area (Å²) in [6.07, 6.45) is -2.71. The lowest BCUT2D eigenvalue weighted by Gasteiger charge is -2.23. The molecule has 26 heavy (non-hydrogen) atoms. The van der Waals surface area contributed by atoms with Crippen LogP contribution in [-0.2, 0) is 6.18 Å². The number of benzene rings is 2. The van der Waals surface area contributed by atoms with E-state index in [-0.39, 0.29) is 22.6 Å². The fraction of sp³-hybridized carbons (Fsp3) is 0.263. The summed E-state index contributed by atoms with van der Waals surface area (Å²) >= 11 is 0. The molecule has 0 amide bonds. The Bertz CT molecular complexity index is 1020. The highest BCUT2D eigenvalue weighted by atomic mass is 19.4. The first-order chi connectivity index (χ1) is 12.4. The first-order valence-electron chi connectivity index (χ1n) is 8.39. The fourth-order valence-electron chi connectivity index (χ4n) is 3.37. The molecule has 7 heteroatoms. The second-order valence-corrected chi connectivity index (χ2v) is 6.36. The van der Waals surface area contributed by atoms with Gasteiger partial charge in [-0.1, -0.05) is 12.1 Å². The number of hydrogen-bond acceptors (Lipinski definition) is 3. The Kier molecular flexibility index (Phi) is 3.94. The molecular formula is C19H16F3N3O. The number of alkyl halides is 3. The number of nitrogens with zero attached hydrogens (tertiary/aromatic N) is 2. The van der Waals surface area contributed by atoms with Gasteiger partial charge in [0.05, 0.1) is 16.5 Å². The molecule has 0 spiro atoms. The highest BCUT2D eigenvalue weighted by molar-refractivity contribution is 5.79. The van der Waals surface area contributed by atoms with Crippen molar-refractivity contribution in [3.8, 4) is 11.4 Å². The highest BCUT2D eigenvalue weighted by Crippen LogP contribution is 2.39. The number of anilines is 1. The number of hydrogen-bond donors (Lipinski definition) is 1. The van der Waals surface area contributed by atoms with Gasteiger partial charge in [-0.25, -0.2) is 4.98 Å². The van der Waals surface area contributed by atoms with Gasteiger partial charge in [0.15, 0.2) is 0 Å². The predicted molar refractivity (Wildman–Crippen MR) is 94.2 cm³/mol. The summed E-state index contributed by atoms with van der Waals surface area (Å²) < 4.78 is 40.8. The maximum atomic E-state index is 13.6. The number of fused-ring (bicyclic) bond motifs is 1. The van der Waals surface area contributed by atoms with Crippen molar-refractivity contribution in [2.75, 3.05) is 18.0 Å². The third kappa shape index (κ3) is 2.94. The Hall–Kier alpha value is -2.83. The van der Waals surface area contributed by atoms with Gasteiger partial charge in [0.25, 0.3) is 5.56 Å². The largest absolute Gasteiger partial charge is 0.418 e. The van der Waals surface area contributed by atoms with Crippen molar-refractivity contribution in [3.63, 3.8) is 0 Å². The molecule has 1 saturated heterocycles. The maximum Gasteiger partial charge on any atom is 0.418 e. The molecule has 134 valence electrons. The van der Waals surface area contributed by atoms with Gasteiger partial charge in [0.1, 0.15) is 5.82 Å². The minimum atomic E-state index is -4.48. The molecular weight excluding hydrogens is 343 g/mol. The van der Waals surface area contributed by atoms with Crippen LogP contribution in [0.5, 0.6) is 0 Å².